The first kappa shape index (κ1) is 13.9. The largest absolute Gasteiger partial charge is 0.497 e. The lowest BCUT2D eigenvalue weighted by Gasteiger charge is -2.27. The molecule has 0 heterocycles. The maximum atomic E-state index is 9.89. The Morgan fingerprint density at radius 3 is 2.90 bits per heavy atom. The smallest absolute Gasteiger partial charge is 0.119 e. The molecule has 0 bridgehead atoms. The van der Waals surface area contributed by atoms with Gasteiger partial charge in [0.05, 0.1) is 13.2 Å². The van der Waals surface area contributed by atoms with Crippen molar-refractivity contribution >= 4 is 0 Å². The summed E-state index contributed by atoms with van der Waals surface area (Å²) in [6.07, 6.45) is 6.67. The minimum atomic E-state index is -0.0847. The summed E-state index contributed by atoms with van der Waals surface area (Å²) in [5.41, 5.74) is 2.88. The topological polar surface area (TPSA) is 41.5 Å². The molecular formula is C17H25NO2. The van der Waals surface area contributed by atoms with Crippen molar-refractivity contribution in [3.8, 4) is 5.75 Å². The van der Waals surface area contributed by atoms with Crippen molar-refractivity contribution in [2.75, 3.05) is 13.7 Å². The molecule has 0 saturated heterocycles. The number of benzene rings is 1. The SMILES string of the molecule is COc1ccc2c(c1)CC(NCC1CCCC1O)CC2. The van der Waals surface area contributed by atoms with Crippen molar-refractivity contribution in [3.05, 3.63) is 29.3 Å². The van der Waals surface area contributed by atoms with Crippen LogP contribution in [0, 0.1) is 5.92 Å². The van der Waals surface area contributed by atoms with Crippen molar-refractivity contribution in [1.82, 2.24) is 5.32 Å². The fourth-order valence-electron chi connectivity index (χ4n) is 3.61. The van der Waals surface area contributed by atoms with Crippen molar-refractivity contribution < 1.29 is 9.84 Å². The zero-order valence-corrected chi connectivity index (χ0v) is 12.3. The third-order valence-corrected chi connectivity index (χ3v) is 4.93. The van der Waals surface area contributed by atoms with Crippen LogP contribution in [0.25, 0.3) is 0 Å². The number of rotatable bonds is 4. The highest BCUT2D eigenvalue weighted by Crippen LogP contribution is 2.27. The van der Waals surface area contributed by atoms with E-state index in [4.69, 9.17) is 4.74 Å². The molecular weight excluding hydrogens is 250 g/mol. The first-order valence-corrected chi connectivity index (χ1v) is 7.83. The van der Waals surface area contributed by atoms with Crippen LogP contribution >= 0.6 is 0 Å². The minimum absolute atomic E-state index is 0.0847. The lowest BCUT2D eigenvalue weighted by Crippen LogP contribution is -2.39. The van der Waals surface area contributed by atoms with Gasteiger partial charge in [-0.1, -0.05) is 12.5 Å². The van der Waals surface area contributed by atoms with Crippen molar-refractivity contribution in [1.29, 1.82) is 0 Å². The Balaban J connectivity index is 1.57. The van der Waals surface area contributed by atoms with Gasteiger partial charge in [-0.25, -0.2) is 0 Å². The molecule has 1 aromatic rings. The summed E-state index contributed by atoms with van der Waals surface area (Å²) in [6.45, 7) is 0.963. The summed E-state index contributed by atoms with van der Waals surface area (Å²) < 4.78 is 5.32. The summed E-state index contributed by atoms with van der Waals surface area (Å²) in [4.78, 5) is 0. The Morgan fingerprint density at radius 2 is 2.15 bits per heavy atom. The van der Waals surface area contributed by atoms with E-state index in [1.54, 1.807) is 7.11 Å². The van der Waals surface area contributed by atoms with Crippen LogP contribution in [0.3, 0.4) is 0 Å². The highest BCUT2D eigenvalue weighted by atomic mass is 16.5. The van der Waals surface area contributed by atoms with Crippen LogP contribution in [0.5, 0.6) is 5.75 Å². The molecule has 3 nitrogen and oxygen atoms in total. The quantitative estimate of drug-likeness (QED) is 0.886. The summed E-state index contributed by atoms with van der Waals surface area (Å²) in [5.74, 6) is 1.41. The Kier molecular flexibility index (Phi) is 4.27. The second-order valence-corrected chi connectivity index (χ2v) is 6.24. The van der Waals surface area contributed by atoms with Gasteiger partial charge >= 0.3 is 0 Å². The molecule has 0 aliphatic heterocycles. The molecule has 3 heteroatoms. The third kappa shape index (κ3) is 2.99. The van der Waals surface area contributed by atoms with E-state index in [0.717, 1.165) is 31.6 Å². The Bertz CT molecular complexity index is 460. The molecule has 2 N–H and O–H groups in total. The number of aliphatic hydroxyl groups excluding tert-OH is 1. The van der Waals surface area contributed by atoms with Gasteiger partial charge in [0.2, 0.25) is 0 Å². The number of hydrogen-bond acceptors (Lipinski definition) is 3. The summed E-state index contributed by atoms with van der Waals surface area (Å²) in [6, 6.07) is 6.97. The van der Waals surface area contributed by atoms with Gasteiger partial charge in [-0.05, 0) is 61.3 Å². The van der Waals surface area contributed by atoms with E-state index in [1.165, 1.54) is 30.4 Å². The number of aliphatic hydroxyl groups is 1. The molecule has 20 heavy (non-hydrogen) atoms. The van der Waals surface area contributed by atoms with Crippen LogP contribution in [0.4, 0.5) is 0 Å². The lowest BCUT2D eigenvalue weighted by atomic mass is 9.88. The predicted octanol–water partition coefficient (Wildman–Crippen LogP) is 2.30. The molecule has 0 aromatic heterocycles. The maximum Gasteiger partial charge on any atom is 0.119 e. The molecule has 3 atom stereocenters. The summed E-state index contributed by atoms with van der Waals surface area (Å²) in [7, 11) is 1.72. The molecule has 0 amide bonds. The van der Waals surface area contributed by atoms with Gasteiger partial charge in [0, 0.05) is 12.6 Å². The molecule has 3 unspecified atom stereocenters. The molecule has 3 rings (SSSR count). The highest BCUT2D eigenvalue weighted by molar-refractivity contribution is 5.37. The van der Waals surface area contributed by atoms with Crippen molar-refractivity contribution in [2.45, 2.75) is 50.7 Å². The van der Waals surface area contributed by atoms with Gasteiger partial charge in [0.15, 0.2) is 0 Å². The lowest BCUT2D eigenvalue weighted by molar-refractivity contribution is 0.129. The van der Waals surface area contributed by atoms with Gasteiger partial charge in [0.25, 0.3) is 0 Å². The minimum Gasteiger partial charge on any atom is -0.497 e. The van der Waals surface area contributed by atoms with Crippen LogP contribution in [0.15, 0.2) is 18.2 Å². The Morgan fingerprint density at radius 1 is 1.25 bits per heavy atom. The van der Waals surface area contributed by atoms with Gasteiger partial charge in [0.1, 0.15) is 5.75 Å². The van der Waals surface area contributed by atoms with Gasteiger partial charge in [-0.3, -0.25) is 0 Å². The number of methoxy groups -OCH3 is 1. The first-order chi connectivity index (χ1) is 9.76. The zero-order chi connectivity index (χ0) is 13.9. The first-order valence-electron chi connectivity index (χ1n) is 7.83. The molecule has 1 fully saturated rings. The fourth-order valence-corrected chi connectivity index (χ4v) is 3.61. The summed E-state index contributed by atoms with van der Waals surface area (Å²) in [5, 5.41) is 13.6. The zero-order valence-electron chi connectivity index (χ0n) is 12.3. The van der Waals surface area contributed by atoms with Crippen LogP contribution < -0.4 is 10.1 Å². The normalized spacial score (nSPS) is 29.2. The molecule has 0 radical (unpaired) electrons. The van der Waals surface area contributed by atoms with Gasteiger partial charge < -0.3 is 15.2 Å². The van der Waals surface area contributed by atoms with Crippen molar-refractivity contribution in [2.24, 2.45) is 5.92 Å². The number of aryl methyl sites for hydroxylation is 1. The molecule has 2 aliphatic carbocycles. The molecule has 1 saturated carbocycles. The Hall–Kier alpha value is -1.06. The van der Waals surface area contributed by atoms with Crippen LogP contribution in [0.1, 0.15) is 36.8 Å². The predicted molar refractivity (Wildman–Crippen MR) is 80.2 cm³/mol. The number of nitrogens with one attached hydrogen (secondary N) is 1. The van der Waals surface area contributed by atoms with E-state index in [9.17, 15) is 5.11 Å². The van der Waals surface area contributed by atoms with Gasteiger partial charge in [-0.15, -0.1) is 0 Å². The average Bonchev–Trinajstić information content (AvgIpc) is 2.89. The van der Waals surface area contributed by atoms with E-state index >= 15 is 0 Å². The maximum absolute atomic E-state index is 9.89. The number of hydrogen-bond donors (Lipinski definition) is 2. The van der Waals surface area contributed by atoms with E-state index in [0.29, 0.717) is 12.0 Å². The summed E-state index contributed by atoms with van der Waals surface area (Å²) >= 11 is 0. The van der Waals surface area contributed by atoms with Crippen LogP contribution in [-0.2, 0) is 12.8 Å². The van der Waals surface area contributed by atoms with Crippen LogP contribution in [-0.4, -0.2) is 30.9 Å². The number of fused-ring (bicyclic) bond motifs is 1. The molecule has 110 valence electrons. The van der Waals surface area contributed by atoms with Crippen LogP contribution in [0.2, 0.25) is 0 Å². The molecule has 1 aromatic carbocycles. The second kappa shape index (κ2) is 6.15. The second-order valence-electron chi connectivity index (χ2n) is 6.24. The van der Waals surface area contributed by atoms with E-state index < -0.39 is 0 Å². The third-order valence-electron chi connectivity index (χ3n) is 4.93. The number of ether oxygens (including phenoxy) is 1. The van der Waals surface area contributed by atoms with Gasteiger partial charge in [-0.2, -0.15) is 0 Å². The highest BCUT2D eigenvalue weighted by Gasteiger charge is 2.26. The van der Waals surface area contributed by atoms with E-state index in [1.807, 2.05) is 0 Å². The van der Waals surface area contributed by atoms with Crippen molar-refractivity contribution in [3.63, 3.8) is 0 Å². The fraction of sp³-hybridized carbons (Fsp3) is 0.647. The van der Waals surface area contributed by atoms with E-state index in [-0.39, 0.29) is 6.10 Å². The standard InChI is InChI=1S/C17H25NO2/c1-20-16-8-6-12-5-7-15(9-14(12)10-16)18-11-13-3-2-4-17(13)19/h6,8,10,13,15,17-19H,2-5,7,9,11H2,1H3. The monoisotopic (exact) mass is 275 g/mol. The van der Waals surface area contributed by atoms with E-state index in [2.05, 4.69) is 23.5 Å². The average molecular weight is 275 g/mol. The molecule has 0 spiro atoms. The Labute approximate surface area is 121 Å². The molecule has 2 aliphatic rings.